The standard InChI is InChI=1S/C25H29N9O2/c1-17(2)22-15-32(23-14-27-20(13-28-23)24(35)31(3)4)11-12-33(22)25(29-16-26)30-19-8-5-9-21-18(19)7-6-10-34(21)36/h5-10,13-14,17,22H,11-12,15H2,1-4H3,(H,29,30). The first kappa shape index (κ1) is 24.7. The van der Waals surface area contributed by atoms with Gasteiger partial charge in [0.1, 0.15) is 11.5 Å². The predicted molar refractivity (Wildman–Crippen MR) is 137 cm³/mol. The molecule has 0 radical (unpaired) electrons. The molecule has 4 rings (SSSR count). The highest BCUT2D eigenvalue weighted by molar-refractivity contribution is 6.02. The molecule has 36 heavy (non-hydrogen) atoms. The van der Waals surface area contributed by atoms with E-state index in [4.69, 9.17) is 0 Å². The Morgan fingerprint density at radius 2 is 2.06 bits per heavy atom. The van der Waals surface area contributed by atoms with Gasteiger partial charge in [0.15, 0.2) is 6.20 Å². The van der Waals surface area contributed by atoms with Crippen LogP contribution < -0.4 is 14.9 Å². The van der Waals surface area contributed by atoms with Gasteiger partial charge in [-0.25, -0.2) is 9.97 Å². The molecule has 1 N–H and O–H groups in total. The number of fused-ring (bicyclic) bond motifs is 1. The van der Waals surface area contributed by atoms with E-state index in [9.17, 15) is 15.3 Å². The van der Waals surface area contributed by atoms with Gasteiger partial charge in [0.05, 0.1) is 29.5 Å². The summed E-state index contributed by atoms with van der Waals surface area (Å²) in [4.78, 5) is 30.7. The van der Waals surface area contributed by atoms with Gasteiger partial charge in [0.2, 0.25) is 17.7 Å². The third-order valence-electron chi connectivity index (χ3n) is 6.25. The van der Waals surface area contributed by atoms with Gasteiger partial charge < -0.3 is 25.2 Å². The molecule has 11 heteroatoms. The highest BCUT2D eigenvalue weighted by Gasteiger charge is 2.33. The molecule has 0 saturated carbocycles. The van der Waals surface area contributed by atoms with E-state index in [1.807, 2.05) is 18.3 Å². The number of guanidine groups is 1. The zero-order valence-corrected chi connectivity index (χ0v) is 20.8. The fourth-order valence-electron chi connectivity index (χ4n) is 4.33. The third-order valence-corrected chi connectivity index (χ3v) is 6.25. The number of benzene rings is 1. The summed E-state index contributed by atoms with van der Waals surface area (Å²) in [7, 11) is 3.35. The number of hydrogen-bond donors (Lipinski definition) is 1. The molecule has 1 aliphatic heterocycles. The Bertz CT molecular complexity index is 1320. The highest BCUT2D eigenvalue weighted by Crippen LogP contribution is 2.25. The van der Waals surface area contributed by atoms with Crippen molar-refractivity contribution in [3.05, 3.63) is 59.8 Å². The maximum Gasteiger partial charge on any atom is 0.273 e. The Balaban J connectivity index is 1.58. The largest absolute Gasteiger partial charge is 0.618 e. The number of aromatic nitrogens is 3. The van der Waals surface area contributed by atoms with E-state index in [0.29, 0.717) is 48.3 Å². The van der Waals surface area contributed by atoms with Crippen LogP contribution in [0, 0.1) is 22.6 Å². The van der Waals surface area contributed by atoms with E-state index in [1.54, 1.807) is 38.5 Å². The summed E-state index contributed by atoms with van der Waals surface area (Å²) in [5.41, 5.74) is 1.52. The molecular formula is C25H29N9O2. The van der Waals surface area contributed by atoms with Crippen molar-refractivity contribution in [2.75, 3.05) is 43.9 Å². The number of amides is 1. The van der Waals surface area contributed by atoms with E-state index in [2.05, 4.69) is 43.9 Å². The molecule has 1 unspecified atom stereocenters. The fourth-order valence-corrected chi connectivity index (χ4v) is 4.33. The van der Waals surface area contributed by atoms with Crippen LogP contribution >= 0.6 is 0 Å². The van der Waals surface area contributed by atoms with Crippen LogP contribution in [-0.2, 0) is 0 Å². The minimum atomic E-state index is -0.196. The van der Waals surface area contributed by atoms with E-state index in [0.717, 1.165) is 10.1 Å². The number of carbonyl (C=O) groups is 1. The van der Waals surface area contributed by atoms with Crippen LogP contribution in [0.1, 0.15) is 24.3 Å². The van der Waals surface area contributed by atoms with Gasteiger partial charge >= 0.3 is 0 Å². The molecule has 3 aromatic rings. The van der Waals surface area contributed by atoms with Crippen molar-refractivity contribution in [2.24, 2.45) is 10.9 Å². The third kappa shape index (κ3) is 4.98. The number of hydrogen-bond acceptors (Lipinski definition) is 7. The fraction of sp³-hybridized carbons (Fsp3) is 0.360. The minimum absolute atomic E-state index is 0.0163. The van der Waals surface area contributed by atoms with E-state index in [1.165, 1.54) is 17.3 Å². The van der Waals surface area contributed by atoms with Crippen LogP contribution in [0.3, 0.4) is 0 Å². The van der Waals surface area contributed by atoms with Gasteiger partial charge in [-0.3, -0.25) is 4.79 Å². The first-order chi connectivity index (χ1) is 17.3. The smallest absolute Gasteiger partial charge is 0.273 e. The van der Waals surface area contributed by atoms with Crippen LogP contribution in [0.15, 0.2) is 53.9 Å². The normalized spacial score (nSPS) is 16.2. The molecule has 1 amide bonds. The van der Waals surface area contributed by atoms with Crippen molar-refractivity contribution < 1.29 is 9.52 Å². The quantitative estimate of drug-likeness (QED) is 0.195. The molecule has 2 aromatic heterocycles. The summed E-state index contributed by atoms with van der Waals surface area (Å²) < 4.78 is 0.815. The molecule has 1 aromatic carbocycles. The SMILES string of the molecule is CC(C)C1CN(c2cnc(C(=O)N(C)C)cn2)CCN1/C(=N\C#N)Nc1cccc2c1ccc[n+]2[O-]. The molecule has 1 saturated heterocycles. The number of aliphatic imine (C=N–C) groups is 1. The second-order valence-electron chi connectivity index (χ2n) is 9.14. The van der Waals surface area contributed by atoms with Crippen molar-refractivity contribution in [3.63, 3.8) is 0 Å². The zero-order valence-electron chi connectivity index (χ0n) is 20.8. The van der Waals surface area contributed by atoms with Crippen molar-refractivity contribution in [2.45, 2.75) is 19.9 Å². The van der Waals surface area contributed by atoms with Crippen LogP contribution in [0.25, 0.3) is 10.9 Å². The van der Waals surface area contributed by atoms with Crippen LogP contribution in [0.4, 0.5) is 11.5 Å². The van der Waals surface area contributed by atoms with Crippen LogP contribution in [0.5, 0.6) is 0 Å². The lowest BCUT2D eigenvalue weighted by atomic mass is 9.99. The minimum Gasteiger partial charge on any atom is -0.618 e. The number of carbonyl (C=O) groups excluding carboxylic acids is 1. The van der Waals surface area contributed by atoms with Gasteiger partial charge in [-0.05, 0) is 18.1 Å². The first-order valence-electron chi connectivity index (χ1n) is 11.7. The highest BCUT2D eigenvalue weighted by atomic mass is 16.5. The van der Waals surface area contributed by atoms with Crippen molar-refractivity contribution in [3.8, 4) is 6.19 Å². The first-order valence-corrected chi connectivity index (χ1v) is 11.7. The van der Waals surface area contributed by atoms with Crippen molar-refractivity contribution in [1.82, 2.24) is 19.8 Å². The van der Waals surface area contributed by atoms with E-state index in [-0.39, 0.29) is 17.9 Å². The van der Waals surface area contributed by atoms with Gasteiger partial charge in [0, 0.05) is 45.9 Å². The van der Waals surface area contributed by atoms with Gasteiger partial charge in [-0.2, -0.15) is 9.99 Å². The Morgan fingerprint density at radius 1 is 1.25 bits per heavy atom. The zero-order chi connectivity index (χ0) is 25.8. The van der Waals surface area contributed by atoms with Crippen molar-refractivity contribution >= 4 is 34.3 Å². The number of nitrogens with one attached hydrogen (secondary N) is 1. The molecule has 3 heterocycles. The summed E-state index contributed by atoms with van der Waals surface area (Å²) in [6.45, 7) is 6.08. The number of nitriles is 1. The molecule has 186 valence electrons. The molecule has 0 spiro atoms. The summed E-state index contributed by atoms with van der Waals surface area (Å²) in [6.07, 6.45) is 6.50. The molecule has 1 atom stereocenters. The van der Waals surface area contributed by atoms with Crippen molar-refractivity contribution in [1.29, 1.82) is 5.26 Å². The predicted octanol–water partition coefficient (Wildman–Crippen LogP) is 2.06. The lowest BCUT2D eigenvalue weighted by Crippen LogP contribution is -2.58. The molecule has 0 aliphatic carbocycles. The van der Waals surface area contributed by atoms with Crippen LogP contribution in [-0.4, -0.2) is 71.4 Å². The number of rotatable bonds is 4. The second-order valence-corrected chi connectivity index (χ2v) is 9.14. The Morgan fingerprint density at radius 3 is 2.72 bits per heavy atom. The Labute approximate surface area is 209 Å². The number of nitrogens with zero attached hydrogens (tertiary/aromatic N) is 8. The maximum atomic E-state index is 12.2. The topological polar surface area (TPSA) is 128 Å². The lowest BCUT2D eigenvalue weighted by Gasteiger charge is -2.44. The molecular weight excluding hydrogens is 458 g/mol. The molecule has 11 nitrogen and oxygen atoms in total. The second kappa shape index (κ2) is 10.4. The van der Waals surface area contributed by atoms with Gasteiger partial charge in [-0.15, -0.1) is 4.99 Å². The molecule has 1 aliphatic rings. The number of anilines is 2. The monoisotopic (exact) mass is 487 g/mol. The molecule has 0 bridgehead atoms. The Hall–Kier alpha value is -4.46. The number of pyridine rings is 1. The average molecular weight is 488 g/mol. The average Bonchev–Trinajstić information content (AvgIpc) is 2.88. The van der Waals surface area contributed by atoms with Gasteiger partial charge in [0.25, 0.3) is 5.91 Å². The van der Waals surface area contributed by atoms with E-state index < -0.39 is 0 Å². The van der Waals surface area contributed by atoms with Crippen LogP contribution in [0.2, 0.25) is 0 Å². The summed E-state index contributed by atoms with van der Waals surface area (Å²) in [6, 6.07) is 8.98. The maximum absolute atomic E-state index is 12.2. The number of piperazine rings is 1. The summed E-state index contributed by atoms with van der Waals surface area (Å²) >= 11 is 0. The lowest BCUT2D eigenvalue weighted by molar-refractivity contribution is -0.577. The Kier molecular flexibility index (Phi) is 7.15. The molecule has 1 fully saturated rings. The summed E-state index contributed by atoms with van der Waals surface area (Å²) in [5, 5.41) is 25.7. The van der Waals surface area contributed by atoms with Gasteiger partial charge in [-0.1, -0.05) is 19.9 Å². The summed E-state index contributed by atoms with van der Waals surface area (Å²) in [5.74, 6) is 1.16. The van der Waals surface area contributed by atoms with E-state index >= 15 is 0 Å².